The summed E-state index contributed by atoms with van der Waals surface area (Å²) in [7, 11) is 0. The Labute approximate surface area is 119 Å². The highest BCUT2D eigenvalue weighted by Crippen LogP contribution is 2.24. The summed E-state index contributed by atoms with van der Waals surface area (Å²) in [6, 6.07) is 8.39. The first kappa shape index (κ1) is 14.1. The van der Waals surface area contributed by atoms with E-state index in [1.54, 1.807) is 4.68 Å². The maximum absolute atomic E-state index is 6.16. The smallest absolute Gasteiger partial charge is 0.101 e. The van der Waals surface area contributed by atoms with E-state index in [1.165, 1.54) is 5.56 Å². The topological polar surface area (TPSA) is 30.7 Å². The minimum atomic E-state index is -0.0670. The zero-order chi connectivity index (χ0) is 14.0. The third-order valence-electron chi connectivity index (χ3n) is 3.19. The van der Waals surface area contributed by atoms with Crippen molar-refractivity contribution in [1.82, 2.24) is 15.0 Å². The molecule has 0 spiro atoms. The zero-order valence-electron chi connectivity index (χ0n) is 11.9. The van der Waals surface area contributed by atoms with Crippen molar-refractivity contribution in [2.24, 2.45) is 0 Å². The third kappa shape index (κ3) is 3.16. The van der Waals surface area contributed by atoms with Crippen LogP contribution in [0.2, 0.25) is 0 Å². The summed E-state index contributed by atoms with van der Waals surface area (Å²) >= 11 is 6.16. The molecule has 1 aromatic heterocycles. The molecule has 2 rings (SSSR count). The van der Waals surface area contributed by atoms with Crippen LogP contribution in [-0.2, 0) is 5.41 Å². The molecule has 0 bridgehead atoms. The fourth-order valence-electron chi connectivity index (χ4n) is 1.87. The number of halogens is 1. The first-order chi connectivity index (χ1) is 8.91. The van der Waals surface area contributed by atoms with E-state index in [2.05, 4.69) is 55.3 Å². The van der Waals surface area contributed by atoms with Gasteiger partial charge in [-0.15, -0.1) is 16.7 Å². The monoisotopic (exact) mass is 277 g/mol. The van der Waals surface area contributed by atoms with Gasteiger partial charge in [-0.3, -0.25) is 0 Å². The van der Waals surface area contributed by atoms with Crippen molar-refractivity contribution >= 4 is 11.6 Å². The number of rotatable bonds is 3. The molecule has 0 saturated heterocycles. The summed E-state index contributed by atoms with van der Waals surface area (Å²) in [5.74, 6) is 0. The van der Waals surface area contributed by atoms with E-state index in [9.17, 15) is 0 Å². The van der Waals surface area contributed by atoms with Crippen LogP contribution in [0, 0.1) is 0 Å². The molecular formula is C15H20ClN3. The average Bonchev–Trinajstić information content (AvgIpc) is 2.86. The summed E-state index contributed by atoms with van der Waals surface area (Å²) in [4.78, 5) is 0. The molecule has 0 saturated carbocycles. The SMILES string of the molecule is CCC(Cl)c1cn(-c2ccc(C(C)(C)C)cc2)nn1. The van der Waals surface area contributed by atoms with E-state index in [1.807, 2.05) is 13.1 Å². The molecule has 1 aromatic carbocycles. The fraction of sp³-hybridized carbons (Fsp3) is 0.467. The maximum Gasteiger partial charge on any atom is 0.101 e. The van der Waals surface area contributed by atoms with Gasteiger partial charge in [0.15, 0.2) is 0 Å². The maximum atomic E-state index is 6.16. The van der Waals surface area contributed by atoms with Crippen LogP contribution >= 0.6 is 11.6 Å². The molecule has 0 amide bonds. The molecule has 1 atom stereocenters. The lowest BCUT2D eigenvalue weighted by Crippen LogP contribution is -2.10. The molecule has 2 aromatic rings. The van der Waals surface area contributed by atoms with Gasteiger partial charge in [-0.2, -0.15) is 0 Å². The second kappa shape index (κ2) is 5.33. The minimum absolute atomic E-state index is 0.0670. The highest BCUT2D eigenvalue weighted by molar-refractivity contribution is 6.20. The lowest BCUT2D eigenvalue weighted by Gasteiger charge is -2.19. The largest absolute Gasteiger partial charge is 0.220 e. The van der Waals surface area contributed by atoms with Crippen molar-refractivity contribution in [2.75, 3.05) is 0 Å². The number of hydrogen-bond acceptors (Lipinski definition) is 2. The van der Waals surface area contributed by atoms with Crippen molar-refractivity contribution in [3.8, 4) is 5.69 Å². The lowest BCUT2D eigenvalue weighted by atomic mass is 9.87. The van der Waals surface area contributed by atoms with Crippen molar-refractivity contribution < 1.29 is 0 Å². The molecule has 0 aliphatic heterocycles. The highest BCUT2D eigenvalue weighted by atomic mass is 35.5. The van der Waals surface area contributed by atoms with Crippen LogP contribution in [0.1, 0.15) is 50.8 Å². The molecule has 0 aliphatic carbocycles. The number of aromatic nitrogens is 3. The summed E-state index contributed by atoms with van der Waals surface area (Å²) < 4.78 is 1.77. The number of nitrogens with zero attached hydrogens (tertiary/aromatic N) is 3. The third-order valence-corrected chi connectivity index (χ3v) is 3.72. The Kier molecular flexibility index (Phi) is 3.95. The molecule has 4 heteroatoms. The van der Waals surface area contributed by atoms with Crippen molar-refractivity contribution in [3.63, 3.8) is 0 Å². The van der Waals surface area contributed by atoms with Crippen molar-refractivity contribution in [3.05, 3.63) is 41.7 Å². The van der Waals surface area contributed by atoms with Gasteiger partial charge in [-0.25, -0.2) is 4.68 Å². The van der Waals surface area contributed by atoms with Crippen LogP contribution < -0.4 is 0 Å². The van der Waals surface area contributed by atoms with Gasteiger partial charge in [0, 0.05) is 0 Å². The molecule has 0 radical (unpaired) electrons. The Hall–Kier alpha value is -1.35. The number of benzene rings is 1. The summed E-state index contributed by atoms with van der Waals surface area (Å²) in [6.45, 7) is 8.65. The first-order valence-corrected chi connectivity index (χ1v) is 7.02. The second-order valence-corrected chi connectivity index (χ2v) is 6.29. The van der Waals surface area contributed by atoms with Crippen LogP contribution in [0.3, 0.4) is 0 Å². The molecule has 1 heterocycles. The van der Waals surface area contributed by atoms with Gasteiger partial charge in [0.1, 0.15) is 5.69 Å². The molecule has 3 nitrogen and oxygen atoms in total. The van der Waals surface area contributed by atoms with Gasteiger partial charge in [-0.1, -0.05) is 45.0 Å². The minimum Gasteiger partial charge on any atom is -0.220 e. The average molecular weight is 278 g/mol. The quantitative estimate of drug-likeness (QED) is 0.785. The molecule has 0 aliphatic rings. The van der Waals surface area contributed by atoms with Gasteiger partial charge in [-0.05, 0) is 29.5 Å². The van der Waals surface area contributed by atoms with Crippen LogP contribution in [0.25, 0.3) is 5.69 Å². The van der Waals surface area contributed by atoms with Crippen LogP contribution in [-0.4, -0.2) is 15.0 Å². The summed E-state index contributed by atoms with van der Waals surface area (Å²) in [5.41, 5.74) is 3.30. The Morgan fingerprint density at radius 1 is 1.21 bits per heavy atom. The standard InChI is InChI=1S/C15H20ClN3/c1-5-13(16)14-10-19(18-17-14)12-8-6-11(7-9-12)15(2,3)4/h6-10,13H,5H2,1-4H3. The van der Waals surface area contributed by atoms with E-state index in [0.717, 1.165) is 17.8 Å². The van der Waals surface area contributed by atoms with Gasteiger partial charge >= 0.3 is 0 Å². The molecule has 1 unspecified atom stereocenters. The normalized spacial score (nSPS) is 13.5. The zero-order valence-corrected chi connectivity index (χ0v) is 12.6. The Morgan fingerprint density at radius 3 is 2.37 bits per heavy atom. The Balaban J connectivity index is 2.25. The van der Waals surface area contributed by atoms with Crippen molar-refractivity contribution in [2.45, 2.75) is 44.9 Å². The second-order valence-electron chi connectivity index (χ2n) is 5.76. The summed E-state index contributed by atoms with van der Waals surface area (Å²) in [5, 5.41) is 8.18. The molecule has 19 heavy (non-hydrogen) atoms. The van der Waals surface area contributed by atoms with Gasteiger partial charge in [0.2, 0.25) is 0 Å². The molecular weight excluding hydrogens is 258 g/mol. The Morgan fingerprint density at radius 2 is 1.84 bits per heavy atom. The van der Waals surface area contributed by atoms with Crippen LogP contribution in [0.5, 0.6) is 0 Å². The molecule has 0 fully saturated rings. The molecule has 0 N–H and O–H groups in total. The predicted molar refractivity (Wildman–Crippen MR) is 78.9 cm³/mol. The lowest BCUT2D eigenvalue weighted by molar-refractivity contribution is 0.590. The van der Waals surface area contributed by atoms with E-state index < -0.39 is 0 Å². The fourth-order valence-corrected chi connectivity index (χ4v) is 1.97. The summed E-state index contributed by atoms with van der Waals surface area (Å²) in [6.07, 6.45) is 2.75. The first-order valence-electron chi connectivity index (χ1n) is 6.59. The van der Waals surface area contributed by atoms with E-state index >= 15 is 0 Å². The Bertz CT molecular complexity index is 537. The van der Waals surface area contributed by atoms with Gasteiger partial charge < -0.3 is 0 Å². The predicted octanol–water partition coefficient (Wildman–Crippen LogP) is 4.25. The van der Waals surface area contributed by atoms with Gasteiger partial charge in [0.25, 0.3) is 0 Å². The number of hydrogen-bond donors (Lipinski definition) is 0. The highest BCUT2D eigenvalue weighted by Gasteiger charge is 2.14. The molecule has 102 valence electrons. The van der Waals surface area contributed by atoms with Gasteiger partial charge in [0.05, 0.1) is 17.3 Å². The van der Waals surface area contributed by atoms with Crippen molar-refractivity contribution in [1.29, 1.82) is 0 Å². The van der Waals surface area contributed by atoms with E-state index in [0.29, 0.717) is 0 Å². The number of alkyl halides is 1. The van der Waals surface area contributed by atoms with Crippen LogP contribution in [0.15, 0.2) is 30.5 Å². The van der Waals surface area contributed by atoms with E-state index in [4.69, 9.17) is 11.6 Å². The van der Waals surface area contributed by atoms with Crippen LogP contribution in [0.4, 0.5) is 0 Å². The van der Waals surface area contributed by atoms with E-state index in [-0.39, 0.29) is 10.8 Å².